The first-order valence-corrected chi connectivity index (χ1v) is 8.84. The van der Waals surface area contributed by atoms with Gasteiger partial charge in [-0.05, 0) is 45.1 Å². The quantitative estimate of drug-likeness (QED) is 0.894. The fraction of sp³-hybridized carbons (Fsp3) is 0.632. The van der Waals surface area contributed by atoms with Gasteiger partial charge in [0.2, 0.25) is 5.91 Å². The molecule has 1 aromatic rings. The van der Waals surface area contributed by atoms with Gasteiger partial charge >= 0.3 is 0 Å². The Labute approximate surface area is 138 Å². The SMILES string of the molecule is CCCC(C)(N)C(=O)NC1CC2(CCCC2)Oc2ccccc21. The lowest BCUT2D eigenvalue weighted by Gasteiger charge is -2.41. The van der Waals surface area contributed by atoms with Crippen LogP contribution in [0.3, 0.4) is 0 Å². The van der Waals surface area contributed by atoms with E-state index in [1.165, 1.54) is 12.8 Å². The van der Waals surface area contributed by atoms with Crippen LogP contribution in [-0.4, -0.2) is 17.0 Å². The van der Waals surface area contributed by atoms with E-state index in [9.17, 15) is 4.79 Å². The first-order valence-electron chi connectivity index (χ1n) is 8.84. The first kappa shape index (κ1) is 16.3. The molecule has 0 radical (unpaired) electrons. The molecule has 1 aliphatic heterocycles. The molecule has 1 saturated carbocycles. The third-order valence-electron chi connectivity index (χ3n) is 5.31. The second-order valence-electron chi connectivity index (χ2n) is 7.43. The van der Waals surface area contributed by atoms with Crippen molar-refractivity contribution >= 4 is 5.91 Å². The van der Waals surface area contributed by atoms with Gasteiger partial charge in [0.1, 0.15) is 11.4 Å². The van der Waals surface area contributed by atoms with Crippen molar-refractivity contribution in [2.24, 2.45) is 5.73 Å². The number of ether oxygens (including phenoxy) is 1. The molecular formula is C19H28N2O2. The number of nitrogens with one attached hydrogen (secondary N) is 1. The van der Waals surface area contributed by atoms with Crippen molar-refractivity contribution < 1.29 is 9.53 Å². The Balaban J connectivity index is 1.84. The fourth-order valence-electron chi connectivity index (χ4n) is 4.03. The van der Waals surface area contributed by atoms with Crippen molar-refractivity contribution in [3.05, 3.63) is 29.8 Å². The molecule has 0 aromatic heterocycles. The molecular weight excluding hydrogens is 288 g/mol. The summed E-state index contributed by atoms with van der Waals surface area (Å²) in [5.41, 5.74) is 6.36. The number of nitrogens with two attached hydrogens (primary N) is 1. The summed E-state index contributed by atoms with van der Waals surface area (Å²) < 4.78 is 6.34. The summed E-state index contributed by atoms with van der Waals surface area (Å²) in [6, 6.07) is 8.06. The van der Waals surface area contributed by atoms with E-state index in [-0.39, 0.29) is 17.6 Å². The monoisotopic (exact) mass is 316 g/mol. The van der Waals surface area contributed by atoms with Crippen LogP contribution in [0, 0.1) is 0 Å². The van der Waals surface area contributed by atoms with Gasteiger partial charge in [-0.1, -0.05) is 31.5 Å². The zero-order chi connectivity index (χ0) is 16.5. The van der Waals surface area contributed by atoms with E-state index in [0.29, 0.717) is 6.42 Å². The second-order valence-corrected chi connectivity index (χ2v) is 7.43. The van der Waals surface area contributed by atoms with Crippen molar-refractivity contribution in [2.75, 3.05) is 0 Å². The van der Waals surface area contributed by atoms with Crippen LogP contribution < -0.4 is 15.8 Å². The molecule has 1 heterocycles. The summed E-state index contributed by atoms with van der Waals surface area (Å²) in [6.07, 6.45) is 6.98. The van der Waals surface area contributed by atoms with Gasteiger partial charge in [0.15, 0.2) is 0 Å². The Kier molecular flexibility index (Phi) is 4.37. The van der Waals surface area contributed by atoms with Gasteiger partial charge < -0.3 is 15.8 Å². The Bertz CT molecular complexity index is 576. The number of hydrogen-bond donors (Lipinski definition) is 2. The molecule has 4 heteroatoms. The van der Waals surface area contributed by atoms with Crippen LogP contribution in [0.5, 0.6) is 5.75 Å². The minimum atomic E-state index is -0.815. The molecule has 2 aliphatic rings. The maximum Gasteiger partial charge on any atom is 0.240 e. The van der Waals surface area contributed by atoms with Gasteiger partial charge in [-0.2, -0.15) is 0 Å². The molecule has 1 spiro atoms. The minimum Gasteiger partial charge on any atom is -0.487 e. The van der Waals surface area contributed by atoms with Crippen molar-refractivity contribution in [3.63, 3.8) is 0 Å². The van der Waals surface area contributed by atoms with Crippen LogP contribution in [0.2, 0.25) is 0 Å². The summed E-state index contributed by atoms with van der Waals surface area (Å²) >= 11 is 0. The zero-order valence-corrected chi connectivity index (χ0v) is 14.2. The summed E-state index contributed by atoms with van der Waals surface area (Å²) in [6.45, 7) is 3.87. The smallest absolute Gasteiger partial charge is 0.240 e. The predicted molar refractivity (Wildman–Crippen MR) is 91.3 cm³/mol. The van der Waals surface area contributed by atoms with Gasteiger partial charge in [-0.3, -0.25) is 4.79 Å². The van der Waals surface area contributed by atoms with Gasteiger partial charge in [-0.25, -0.2) is 0 Å². The summed E-state index contributed by atoms with van der Waals surface area (Å²) in [5.74, 6) is 0.856. The number of fused-ring (bicyclic) bond motifs is 1. The number of para-hydroxylation sites is 1. The average Bonchev–Trinajstić information content (AvgIpc) is 2.94. The Hall–Kier alpha value is -1.55. The maximum atomic E-state index is 12.7. The molecule has 23 heavy (non-hydrogen) atoms. The standard InChI is InChI=1S/C19H28N2O2/c1-3-10-18(2,20)17(22)21-15-13-19(11-6-7-12-19)23-16-9-5-4-8-14(15)16/h4-5,8-9,15H,3,6-7,10-13,20H2,1-2H3,(H,21,22). The summed E-state index contributed by atoms with van der Waals surface area (Å²) in [7, 11) is 0. The Morgan fingerprint density at radius 2 is 2.09 bits per heavy atom. The molecule has 3 N–H and O–H groups in total. The fourth-order valence-corrected chi connectivity index (χ4v) is 4.03. The van der Waals surface area contributed by atoms with Crippen LogP contribution in [0.25, 0.3) is 0 Å². The number of rotatable bonds is 4. The third kappa shape index (κ3) is 3.23. The number of amides is 1. The number of benzene rings is 1. The third-order valence-corrected chi connectivity index (χ3v) is 5.31. The molecule has 1 fully saturated rings. The zero-order valence-electron chi connectivity index (χ0n) is 14.2. The molecule has 2 atom stereocenters. The maximum absolute atomic E-state index is 12.7. The molecule has 1 aromatic carbocycles. The first-order chi connectivity index (χ1) is 11.0. The van der Waals surface area contributed by atoms with E-state index < -0.39 is 5.54 Å². The van der Waals surface area contributed by atoms with E-state index >= 15 is 0 Å². The molecule has 1 amide bonds. The topological polar surface area (TPSA) is 64.4 Å². The molecule has 0 saturated heterocycles. The van der Waals surface area contributed by atoms with E-state index in [1.54, 1.807) is 0 Å². The van der Waals surface area contributed by atoms with Crippen molar-refractivity contribution in [1.29, 1.82) is 0 Å². The van der Waals surface area contributed by atoms with Crippen LogP contribution in [0.15, 0.2) is 24.3 Å². The number of hydrogen-bond acceptors (Lipinski definition) is 3. The lowest BCUT2D eigenvalue weighted by Crippen LogP contribution is -2.54. The van der Waals surface area contributed by atoms with Crippen LogP contribution in [-0.2, 0) is 4.79 Å². The molecule has 1 aliphatic carbocycles. The van der Waals surface area contributed by atoms with Crippen LogP contribution in [0.1, 0.15) is 70.4 Å². The van der Waals surface area contributed by atoms with E-state index in [1.807, 2.05) is 25.1 Å². The van der Waals surface area contributed by atoms with E-state index in [2.05, 4.69) is 18.3 Å². The summed E-state index contributed by atoms with van der Waals surface area (Å²) in [4.78, 5) is 12.7. The van der Waals surface area contributed by atoms with Gasteiger partial charge in [0.05, 0.1) is 11.6 Å². The summed E-state index contributed by atoms with van der Waals surface area (Å²) in [5, 5.41) is 3.21. The van der Waals surface area contributed by atoms with Crippen molar-refractivity contribution in [3.8, 4) is 5.75 Å². The highest BCUT2D eigenvalue weighted by molar-refractivity contribution is 5.86. The average molecular weight is 316 g/mol. The molecule has 4 nitrogen and oxygen atoms in total. The lowest BCUT2D eigenvalue weighted by molar-refractivity contribution is -0.127. The molecule has 2 unspecified atom stereocenters. The highest BCUT2D eigenvalue weighted by Crippen LogP contribution is 2.47. The van der Waals surface area contributed by atoms with Crippen LogP contribution in [0.4, 0.5) is 0 Å². The second kappa shape index (κ2) is 6.16. The van der Waals surface area contributed by atoms with Gasteiger partial charge in [0.25, 0.3) is 0 Å². The Morgan fingerprint density at radius 1 is 1.39 bits per heavy atom. The highest BCUT2D eigenvalue weighted by atomic mass is 16.5. The number of carbonyl (C=O) groups is 1. The molecule has 126 valence electrons. The lowest BCUT2D eigenvalue weighted by atomic mass is 9.85. The Morgan fingerprint density at radius 3 is 2.78 bits per heavy atom. The number of carbonyl (C=O) groups excluding carboxylic acids is 1. The predicted octanol–water partition coefficient (Wildman–Crippen LogP) is 3.46. The van der Waals surface area contributed by atoms with Gasteiger partial charge in [0, 0.05) is 12.0 Å². The highest BCUT2D eigenvalue weighted by Gasteiger charge is 2.44. The van der Waals surface area contributed by atoms with Crippen molar-refractivity contribution in [1.82, 2.24) is 5.32 Å². The van der Waals surface area contributed by atoms with E-state index in [0.717, 1.165) is 37.0 Å². The minimum absolute atomic E-state index is 0.00900. The normalized spacial score (nSPS) is 24.6. The largest absolute Gasteiger partial charge is 0.487 e. The van der Waals surface area contributed by atoms with E-state index in [4.69, 9.17) is 10.5 Å². The van der Waals surface area contributed by atoms with Crippen LogP contribution >= 0.6 is 0 Å². The van der Waals surface area contributed by atoms with Gasteiger partial charge in [-0.15, -0.1) is 0 Å². The molecule has 0 bridgehead atoms. The molecule has 3 rings (SSSR count). The van der Waals surface area contributed by atoms with Crippen molar-refractivity contribution in [2.45, 2.75) is 76.0 Å².